The lowest BCUT2D eigenvalue weighted by Crippen LogP contribution is -1.71. The van der Waals surface area contributed by atoms with Crippen molar-refractivity contribution in [1.82, 2.24) is 0 Å². The molecule has 1 heterocycles. The van der Waals surface area contributed by atoms with Gasteiger partial charge in [0, 0.05) is 0 Å². The molecule has 0 atom stereocenters. The molecule has 54 valence electrons. The van der Waals surface area contributed by atoms with E-state index >= 15 is 0 Å². The van der Waals surface area contributed by atoms with Gasteiger partial charge in [-0.2, -0.15) is 0 Å². The van der Waals surface area contributed by atoms with Crippen LogP contribution in [0.5, 0.6) is 0 Å². The molecule has 0 unspecified atom stereocenters. The first-order valence-electron chi connectivity index (χ1n) is 3.24. The molecule has 0 aliphatic heterocycles. The lowest BCUT2D eigenvalue weighted by molar-refractivity contribution is 0.911. The summed E-state index contributed by atoms with van der Waals surface area (Å²) >= 11 is 13.4. The van der Waals surface area contributed by atoms with Crippen LogP contribution in [-0.4, -0.2) is 0 Å². The molecule has 1 aliphatic rings. The lowest BCUT2D eigenvalue weighted by atomic mass is 10.2. The highest BCUT2D eigenvalue weighted by molar-refractivity contribution is 7.20. The second-order valence-electron chi connectivity index (χ2n) is 2.46. The van der Waals surface area contributed by atoms with Crippen molar-refractivity contribution in [3.63, 3.8) is 0 Å². The molecular formula is C7H6Cl2S. The van der Waals surface area contributed by atoms with Gasteiger partial charge >= 0.3 is 0 Å². The van der Waals surface area contributed by atoms with E-state index in [9.17, 15) is 0 Å². The van der Waals surface area contributed by atoms with Crippen LogP contribution in [0.1, 0.15) is 17.5 Å². The lowest BCUT2D eigenvalue weighted by Gasteiger charge is -1.85. The van der Waals surface area contributed by atoms with Gasteiger partial charge < -0.3 is 0 Å². The van der Waals surface area contributed by atoms with E-state index in [-0.39, 0.29) is 0 Å². The maximum Gasteiger partial charge on any atom is 0.0978 e. The quantitative estimate of drug-likeness (QED) is 0.591. The summed E-state index contributed by atoms with van der Waals surface area (Å²) in [5.41, 5.74) is 2.60. The van der Waals surface area contributed by atoms with Gasteiger partial charge in [-0.1, -0.05) is 23.2 Å². The third kappa shape index (κ3) is 0.884. The first-order chi connectivity index (χ1) is 4.79. The summed E-state index contributed by atoms with van der Waals surface area (Å²) in [6.07, 6.45) is 3.46. The number of rotatable bonds is 0. The first-order valence-corrected chi connectivity index (χ1v) is 4.82. The van der Waals surface area contributed by atoms with Gasteiger partial charge in [0.25, 0.3) is 0 Å². The van der Waals surface area contributed by atoms with Gasteiger partial charge in [-0.15, -0.1) is 11.3 Å². The Labute approximate surface area is 73.8 Å². The maximum absolute atomic E-state index is 5.92. The van der Waals surface area contributed by atoms with E-state index in [0.29, 0.717) is 0 Å². The Bertz CT molecular complexity index is 240. The van der Waals surface area contributed by atoms with Crippen LogP contribution in [0.2, 0.25) is 8.67 Å². The van der Waals surface area contributed by atoms with Crippen molar-refractivity contribution >= 4 is 34.5 Å². The Balaban J connectivity index is 2.61. The van der Waals surface area contributed by atoms with Crippen molar-refractivity contribution in [3.05, 3.63) is 19.8 Å². The summed E-state index contributed by atoms with van der Waals surface area (Å²) in [6.45, 7) is 0. The van der Waals surface area contributed by atoms with Crippen LogP contribution in [0.4, 0.5) is 0 Å². The van der Waals surface area contributed by atoms with Crippen molar-refractivity contribution in [3.8, 4) is 0 Å². The SMILES string of the molecule is Clc1sc(Cl)c2c1CCC2. The largest absolute Gasteiger partial charge is 0.111 e. The summed E-state index contributed by atoms with van der Waals surface area (Å²) in [4.78, 5) is 0. The molecule has 10 heavy (non-hydrogen) atoms. The van der Waals surface area contributed by atoms with Crippen molar-refractivity contribution in [2.45, 2.75) is 19.3 Å². The molecule has 0 nitrogen and oxygen atoms in total. The van der Waals surface area contributed by atoms with E-state index in [0.717, 1.165) is 21.5 Å². The molecular weight excluding hydrogens is 187 g/mol. The van der Waals surface area contributed by atoms with Crippen LogP contribution in [0.25, 0.3) is 0 Å². The number of hydrogen-bond donors (Lipinski definition) is 0. The monoisotopic (exact) mass is 192 g/mol. The van der Waals surface area contributed by atoms with Gasteiger partial charge in [-0.25, -0.2) is 0 Å². The number of thiophene rings is 1. The van der Waals surface area contributed by atoms with Crippen LogP contribution in [0, 0.1) is 0 Å². The van der Waals surface area contributed by atoms with E-state index in [1.165, 1.54) is 28.9 Å². The smallest absolute Gasteiger partial charge is 0.0978 e. The molecule has 0 saturated carbocycles. The summed E-state index contributed by atoms with van der Waals surface area (Å²) in [5.74, 6) is 0. The third-order valence-corrected chi connectivity index (χ3v) is 3.64. The Hall–Kier alpha value is 0.280. The predicted octanol–water partition coefficient (Wildman–Crippen LogP) is 3.54. The minimum Gasteiger partial charge on any atom is -0.111 e. The molecule has 0 radical (unpaired) electrons. The number of fused-ring (bicyclic) bond motifs is 1. The van der Waals surface area contributed by atoms with Crippen LogP contribution in [0.3, 0.4) is 0 Å². The second-order valence-corrected chi connectivity index (χ2v) is 4.68. The van der Waals surface area contributed by atoms with Crippen molar-refractivity contribution in [1.29, 1.82) is 0 Å². The van der Waals surface area contributed by atoms with Gasteiger partial charge in [0.15, 0.2) is 0 Å². The van der Waals surface area contributed by atoms with Crippen LogP contribution >= 0.6 is 34.5 Å². The average Bonchev–Trinajstić information content (AvgIpc) is 2.39. The Morgan fingerprint density at radius 2 is 1.50 bits per heavy atom. The molecule has 0 spiro atoms. The van der Waals surface area contributed by atoms with Crippen LogP contribution < -0.4 is 0 Å². The zero-order valence-electron chi connectivity index (χ0n) is 5.29. The van der Waals surface area contributed by atoms with Gasteiger partial charge in [0.05, 0.1) is 8.67 Å². The fourth-order valence-electron chi connectivity index (χ4n) is 1.38. The molecule has 0 bridgehead atoms. The maximum atomic E-state index is 5.92. The van der Waals surface area contributed by atoms with Crippen LogP contribution in [-0.2, 0) is 12.8 Å². The fraction of sp³-hybridized carbons (Fsp3) is 0.429. The van der Waals surface area contributed by atoms with E-state index in [1.54, 1.807) is 0 Å². The molecule has 1 aliphatic carbocycles. The summed E-state index contributed by atoms with van der Waals surface area (Å²) in [7, 11) is 0. The minimum atomic E-state index is 0.900. The van der Waals surface area contributed by atoms with Crippen molar-refractivity contribution in [2.75, 3.05) is 0 Å². The van der Waals surface area contributed by atoms with Gasteiger partial charge in [-0.05, 0) is 30.4 Å². The third-order valence-electron chi connectivity index (χ3n) is 1.87. The molecule has 0 amide bonds. The minimum absolute atomic E-state index is 0.900. The summed E-state index contributed by atoms with van der Waals surface area (Å²) in [5, 5.41) is 0. The predicted molar refractivity (Wildman–Crippen MR) is 46.4 cm³/mol. The number of halogens is 2. The summed E-state index contributed by atoms with van der Waals surface area (Å²) in [6, 6.07) is 0. The first kappa shape index (κ1) is 6.96. The van der Waals surface area contributed by atoms with Crippen molar-refractivity contribution in [2.24, 2.45) is 0 Å². The molecule has 0 fully saturated rings. The van der Waals surface area contributed by atoms with Crippen LogP contribution in [0.15, 0.2) is 0 Å². The Morgan fingerprint density at radius 1 is 1.00 bits per heavy atom. The van der Waals surface area contributed by atoms with Crippen molar-refractivity contribution < 1.29 is 0 Å². The molecule has 0 N–H and O–H groups in total. The standard InChI is InChI=1S/C7H6Cl2S/c8-6-4-2-1-3-5(4)7(9)10-6/h1-3H2. The molecule has 2 rings (SSSR count). The molecule has 1 aromatic heterocycles. The normalized spacial score (nSPS) is 15.8. The Morgan fingerprint density at radius 3 is 2.00 bits per heavy atom. The van der Waals surface area contributed by atoms with E-state index in [4.69, 9.17) is 23.2 Å². The highest BCUT2D eigenvalue weighted by Gasteiger charge is 2.19. The topological polar surface area (TPSA) is 0 Å². The zero-order chi connectivity index (χ0) is 7.14. The molecule has 1 aromatic rings. The zero-order valence-corrected chi connectivity index (χ0v) is 7.61. The summed E-state index contributed by atoms with van der Waals surface area (Å²) < 4.78 is 1.80. The average molecular weight is 193 g/mol. The fourth-order valence-corrected chi connectivity index (χ4v) is 3.23. The van der Waals surface area contributed by atoms with Gasteiger partial charge in [-0.3, -0.25) is 0 Å². The molecule has 0 aromatic carbocycles. The molecule has 3 heteroatoms. The highest BCUT2D eigenvalue weighted by Crippen LogP contribution is 2.41. The van der Waals surface area contributed by atoms with E-state index in [2.05, 4.69) is 0 Å². The van der Waals surface area contributed by atoms with E-state index < -0.39 is 0 Å². The van der Waals surface area contributed by atoms with E-state index in [1.807, 2.05) is 0 Å². The second kappa shape index (κ2) is 2.40. The highest BCUT2D eigenvalue weighted by atomic mass is 35.5. The van der Waals surface area contributed by atoms with Gasteiger partial charge in [0.2, 0.25) is 0 Å². The number of hydrogen-bond acceptors (Lipinski definition) is 1. The van der Waals surface area contributed by atoms with Gasteiger partial charge in [0.1, 0.15) is 0 Å². The molecule has 0 saturated heterocycles. The Kier molecular flexibility index (Phi) is 1.67.